The van der Waals surface area contributed by atoms with E-state index in [-0.39, 0.29) is 5.60 Å². The molecule has 1 saturated heterocycles. The minimum atomic E-state index is -0.0891. The molecule has 1 aliphatic heterocycles. The van der Waals surface area contributed by atoms with Crippen molar-refractivity contribution >= 4 is 5.96 Å². The van der Waals surface area contributed by atoms with Crippen LogP contribution in [-0.2, 0) is 9.47 Å². The summed E-state index contributed by atoms with van der Waals surface area (Å²) in [6.45, 7) is 14.8. The highest BCUT2D eigenvalue weighted by Crippen LogP contribution is 2.24. The Kier molecular flexibility index (Phi) is 8.79. The van der Waals surface area contributed by atoms with Crippen LogP contribution in [0.25, 0.3) is 0 Å². The molecular formula is C17H35N3O2. The molecule has 2 atom stereocenters. The van der Waals surface area contributed by atoms with Gasteiger partial charge in [0.15, 0.2) is 5.96 Å². The molecule has 130 valence electrons. The molecule has 1 fully saturated rings. The summed E-state index contributed by atoms with van der Waals surface area (Å²) in [5.41, 5.74) is -0.0891. The highest BCUT2D eigenvalue weighted by atomic mass is 16.5. The summed E-state index contributed by atoms with van der Waals surface area (Å²) in [6.07, 6.45) is 3.52. The van der Waals surface area contributed by atoms with Crippen LogP contribution in [0.5, 0.6) is 0 Å². The molecule has 22 heavy (non-hydrogen) atoms. The average Bonchev–Trinajstić information content (AvgIpc) is 2.91. The van der Waals surface area contributed by atoms with E-state index in [0.717, 1.165) is 51.5 Å². The molecule has 1 heterocycles. The fraction of sp³-hybridized carbons (Fsp3) is 0.941. The first kappa shape index (κ1) is 19.2. The lowest BCUT2D eigenvalue weighted by Gasteiger charge is -2.23. The second kappa shape index (κ2) is 10.1. The van der Waals surface area contributed by atoms with Crippen LogP contribution in [0.2, 0.25) is 0 Å². The lowest BCUT2D eigenvalue weighted by molar-refractivity contribution is 0.0255. The molecule has 0 amide bonds. The Labute approximate surface area is 136 Å². The summed E-state index contributed by atoms with van der Waals surface area (Å²) in [6, 6.07) is 0. The predicted molar refractivity (Wildman–Crippen MR) is 92.4 cm³/mol. The number of rotatable bonds is 9. The third kappa shape index (κ3) is 6.97. The number of aliphatic imine (C=N–C) groups is 1. The zero-order valence-corrected chi connectivity index (χ0v) is 15.1. The van der Waals surface area contributed by atoms with Gasteiger partial charge in [0, 0.05) is 26.3 Å². The standard InChI is InChI=1S/C17H35N3O2/c1-6-18-16(20-13-17(5)10-8-12-22-17)19-11-9-15(14(3)4)21-7-2/h14-15H,6-13H2,1-5H3,(H2,18,19,20). The molecule has 0 aromatic rings. The van der Waals surface area contributed by atoms with Gasteiger partial charge in [-0.25, -0.2) is 0 Å². The van der Waals surface area contributed by atoms with Crippen LogP contribution in [-0.4, -0.2) is 50.5 Å². The van der Waals surface area contributed by atoms with Crippen molar-refractivity contribution in [1.82, 2.24) is 10.6 Å². The Hall–Kier alpha value is -0.810. The van der Waals surface area contributed by atoms with Gasteiger partial charge in [-0.05, 0) is 46.0 Å². The van der Waals surface area contributed by atoms with Gasteiger partial charge in [-0.2, -0.15) is 0 Å². The van der Waals surface area contributed by atoms with Gasteiger partial charge in [0.1, 0.15) is 0 Å². The van der Waals surface area contributed by atoms with E-state index in [4.69, 9.17) is 9.47 Å². The van der Waals surface area contributed by atoms with Crippen molar-refractivity contribution < 1.29 is 9.47 Å². The average molecular weight is 313 g/mol. The molecule has 2 N–H and O–H groups in total. The molecule has 5 nitrogen and oxygen atoms in total. The first-order valence-electron chi connectivity index (χ1n) is 8.78. The summed E-state index contributed by atoms with van der Waals surface area (Å²) in [5.74, 6) is 1.41. The monoisotopic (exact) mass is 313 g/mol. The SMILES string of the molecule is CCNC(=NCC1(C)CCCO1)NCCC(OCC)C(C)C. The quantitative estimate of drug-likeness (QED) is 0.507. The third-order valence-corrected chi connectivity index (χ3v) is 4.06. The first-order chi connectivity index (χ1) is 10.5. The second-order valence-electron chi connectivity index (χ2n) is 6.55. The van der Waals surface area contributed by atoms with Gasteiger partial charge in [-0.3, -0.25) is 4.99 Å². The molecule has 0 radical (unpaired) electrons. The summed E-state index contributed by atoms with van der Waals surface area (Å²) in [7, 11) is 0. The van der Waals surface area contributed by atoms with E-state index < -0.39 is 0 Å². The van der Waals surface area contributed by atoms with Crippen molar-refractivity contribution in [3.8, 4) is 0 Å². The number of guanidine groups is 1. The Morgan fingerprint density at radius 1 is 1.32 bits per heavy atom. The summed E-state index contributed by atoms with van der Waals surface area (Å²) in [5, 5.41) is 6.71. The van der Waals surface area contributed by atoms with Crippen molar-refractivity contribution in [2.24, 2.45) is 10.9 Å². The van der Waals surface area contributed by atoms with Crippen LogP contribution in [0.3, 0.4) is 0 Å². The number of nitrogens with one attached hydrogen (secondary N) is 2. The summed E-state index contributed by atoms with van der Waals surface area (Å²) >= 11 is 0. The highest BCUT2D eigenvalue weighted by Gasteiger charge is 2.29. The van der Waals surface area contributed by atoms with Gasteiger partial charge in [0.25, 0.3) is 0 Å². The molecule has 0 spiro atoms. The minimum absolute atomic E-state index is 0.0891. The summed E-state index contributed by atoms with van der Waals surface area (Å²) < 4.78 is 11.6. The fourth-order valence-corrected chi connectivity index (χ4v) is 2.71. The molecular weight excluding hydrogens is 278 g/mol. The molecule has 1 aliphatic rings. The lowest BCUT2D eigenvalue weighted by Crippen LogP contribution is -2.40. The van der Waals surface area contributed by atoms with E-state index in [1.807, 2.05) is 0 Å². The van der Waals surface area contributed by atoms with Gasteiger partial charge in [-0.15, -0.1) is 0 Å². The minimum Gasteiger partial charge on any atom is -0.378 e. The van der Waals surface area contributed by atoms with E-state index >= 15 is 0 Å². The topological polar surface area (TPSA) is 54.9 Å². The van der Waals surface area contributed by atoms with Crippen LogP contribution in [0.15, 0.2) is 4.99 Å². The smallest absolute Gasteiger partial charge is 0.191 e. The Balaban J connectivity index is 2.42. The molecule has 1 rings (SSSR count). The second-order valence-corrected chi connectivity index (χ2v) is 6.55. The van der Waals surface area contributed by atoms with Crippen molar-refractivity contribution in [3.63, 3.8) is 0 Å². The Bertz CT molecular complexity index is 326. The number of hydrogen-bond donors (Lipinski definition) is 2. The zero-order chi connectivity index (χ0) is 16.4. The van der Waals surface area contributed by atoms with Crippen LogP contribution in [0, 0.1) is 5.92 Å². The van der Waals surface area contributed by atoms with E-state index in [1.165, 1.54) is 0 Å². The largest absolute Gasteiger partial charge is 0.378 e. The number of nitrogens with zero attached hydrogens (tertiary/aromatic N) is 1. The Morgan fingerprint density at radius 2 is 2.09 bits per heavy atom. The van der Waals surface area contributed by atoms with Gasteiger partial charge in [0.05, 0.1) is 18.2 Å². The molecule has 2 unspecified atom stereocenters. The molecule has 0 bridgehead atoms. The summed E-state index contributed by atoms with van der Waals surface area (Å²) in [4.78, 5) is 4.68. The number of hydrogen-bond acceptors (Lipinski definition) is 3. The van der Waals surface area contributed by atoms with Gasteiger partial charge in [-0.1, -0.05) is 13.8 Å². The van der Waals surface area contributed by atoms with Crippen molar-refractivity contribution in [2.75, 3.05) is 32.8 Å². The van der Waals surface area contributed by atoms with Crippen LogP contribution in [0.4, 0.5) is 0 Å². The first-order valence-corrected chi connectivity index (χ1v) is 8.78. The molecule has 0 aliphatic carbocycles. The van der Waals surface area contributed by atoms with Crippen LogP contribution < -0.4 is 10.6 Å². The lowest BCUT2D eigenvalue weighted by atomic mass is 10.0. The fourth-order valence-electron chi connectivity index (χ4n) is 2.71. The van der Waals surface area contributed by atoms with E-state index in [0.29, 0.717) is 18.6 Å². The molecule has 0 aromatic heterocycles. The zero-order valence-electron chi connectivity index (χ0n) is 15.1. The van der Waals surface area contributed by atoms with Crippen molar-refractivity contribution in [3.05, 3.63) is 0 Å². The van der Waals surface area contributed by atoms with Crippen molar-refractivity contribution in [1.29, 1.82) is 0 Å². The molecule has 5 heteroatoms. The van der Waals surface area contributed by atoms with Gasteiger partial charge < -0.3 is 20.1 Å². The maximum atomic E-state index is 5.79. The molecule has 0 saturated carbocycles. The Morgan fingerprint density at radius 3 is 2.64 bits per heavy atom. The van der Waals surface area contributed by atoms with E-state index in [2.05, 4.69) is 50.2 Å². The van der Waals surface area contributed by atoms with Crippen LogP contribution >= 0.6 is 0 Å². The normalized spacial score (nSPS) is 23.8. The molecule has 0 aromatic carbocycles. The predicted octanol–water partition coefficient (Wildman–Crippen LogP) is 2.56. The van der Waals surface area contributed by atoms with Gasteiger partial charge >= 0.3 is 0 Å². The highest BCUT2D eigenvalue weighted by molar-refractivity contribution is 5.79. The number of ether oxygens (including phenoxy) is 2. The van der Waals surface area contributed by atoms with E-state index in [1.54, 1.807) is 0 Å². The van der Waals surface area contributed by atoms with Crippen molar-refractivity contribution in [2.45, 2.75) is 65.6 Å². The van der Waals surface area contributed by atoms with E-state index in [9.17, 15) is 0 Å². The maximum absolute atomic E-state index is 5.79. The maximum Gasteiger partial charge on any atom is 0.191 e. The third-order valence-electron chi connectivity index (χ3n) is 4.06. The van der Waals surface area contributed by atoms with Gasteiger partial charge in [0.2, 0.25) is 0 Å². The van der Waals surface area contributed by atoms with Crippen LogP contribution in [0.1, 0.15) is 53.9 Å².